The molecule has 17 heavy (non-hydrogen) atoms. The van der Waals surface area contributed by atoms with Crippen molar-refractivity contribution in [1.82, 2.24) is 0 Å². The average molecular weight is 273 g/mol. The van der Waals surface area contributed by atoms with Gasteiger partial charge in [-0.25, -0.2) is 4.39 Å². The van der Waals surface area contributed by atoms with Gasteiger partial charge in [-0.15, -0.1) is 11.6 Å². The molecule has 0 aliphatic carbocycles. The van der Waals surface area contributed by atoms with Gasteiger partial charge in [0.15, 0.2) is 0 Å². The molecule has 2 unspecified atom stereocenters. The monoisotopic (exact) mass is 272 g/mol. The van der Waals surface area contributed by atoms with Crippen molar-refractivity contribution in [1.29, 1.82) is 0 Å². The van der Waals surface area contributed by atoms with Crippen LogP contribution < -0.4 is 0 Å². The average Bonchev–Trinajstić information content (AvgIpc) is 2.26. The van der Waals surface area contributed by atoms with Gasteiger partial charge in [-0.2, -0.15) is 13.2 Å². The third-order valence-corrected chi connectivity index (χ3v) is 2.48. The van der Waals surface area contributed by atoms with E-state index in [9.17, 15) is 27.8 Å². The van der Waals surface area contributed by atoms with Crippen LogP contribution in [0.5, 0.6) is 0 Å². The van der Waals surface area contributed by atoms with Crippen molar-refractivity contribution >= 4 is 11.6 Å². The molecule has 0 fully saturated rings. The maximum absolute atomic E-state index is 12.9. The molecule has 0 saturated carbocycles. The van der Waals surface area contributed by atoms with Gasteiger partial charge in [0.25, 0.3) is 0 Å². The number of hydrogen-bond acceptors (Lipinski definition) is 2. The molecule has 0 aromatic heterocycles. The molecule has 0 heterocycles. The number of hydrogen-bond donors (Lipinski definition) is 2. The molecule has 0 spiro atoms. The third-order valence-electron chi connectivity index (χ3n) is 2.16. The highest BCUT2D eigenvalue weighted by atomic mass is 35.5. The molecule has 2 nitrogen and oxygen atoms in total. The zero-order valence-electron chi connectivity index (χ0n) is 8.38. The zero-order chi connectivity index (χ0) is 13.2. The van der Waals surface area contributed by atoms with Crippen LogP contribution in [0.3, 0.4) is 0 Å². The second-order valence-electron chi connectivity index (χ2n) is 3.40. The van der Waals surface area contributed by atoms with E-state index in [0.29, 0.717) is 12.1 Å². The Morgan fingerprint density at radius 2 is 1.82 bits per heavy atom. The Hall–Kier alpha value is -0.850. The van der Waals surface area contributed by atoms with E-state index in [1.54, 1.807) is 0 Å². The van der Waals surface area contributed by atoms with Crippen LogP contribution >= 0.6 is 11.6 Å². The molecule has 2 N–H and O–H groups in total. The van der Waals surface area contributed by atoms with Gasteiger partial charge in [-0.3, -0.25) is 0 Å². The van der Waals surface area contributed by atoms with Gasteiger partial charge in [0.2, 0.25) is 0 Å². The van der Waals surface area contributed by atoms with E-state index in [0.717, 1.165) is 6.07 Å². The van der Waals surface area contributed by atoms with Crippen molar-refractivity contribution < 1.29 is 27.8 Å². The maximum atomic E-state index is 12.9. The van der Waals surface area contributed by atoms with Crippen molar-refractivity contribution in [3.63, 3.8) is 0 Å². The highest BCUT2D eigenvalue weighted by Crippen LogP contribution is 2.33. The van der Waals surface area contributed by atoms with Crippen LogP contribution in [-0.4, -0.2) is 22.2 Å². The summed E-state index contributed by atoms with van der Waals surface area (Å²) in [7, 11) is 0. The first-order valence-corrected chi connectivity index (χ1v) is 5.09. The van der Waals surface area contributed by atoms with Gasteiger partial charge < -0.3 is 10.2 Å². The smallest absolute Gasteiger partial charge is 0.389 e. The Bertz CT molecular complexity index is 394. The largest absolute Gasteiger partial charge is 0.419 e. The van der Waals surface area contributed by atoms with Gasteiger partial charge in [0.05, 0.1) is 17.5 Å². The summed E-state index contributed by atoms with van der Waals surface area (Å²) in [5.41, 5.74) is -1.73. The first-order valence-electron chi connectivity index (χ1n) is 4.56. The fourth-order valence-corrected chi connectivity index (χ4v) is 1.42. The predicted molar refractivity (Wildman–Crippen MR) is 53.1 cm³/mol. The SMILES string of the molecule is OC(CCl)C(O)c1ccc(F)c(C(F)(F)F)c1. The van der Waals surface area contributed by atoms with Crippen LogP contribution in [0.2, 0.25) is 0 Å². The van der Waals surface area contributed by atoms with Gasteiger partial charge in [-0.05, 0) is 17.7 Å². The molecule has 0 bridgehead atoms. The number of halogens is 5. The van der Waals surface area contributed by atoms with E-state index in [-0.39, 0.29) is 11.4 Å². The molecule has 1 aromatic carbocycles. The summed E-state index contributed by atoms with van der Waals surface area (Å²) < 4.78 is 50.0. The van der Waals surface area contributed by atoms with Crippen molar-refractivity contribution in [2.45, 2.75) is 18.4 Å². The summed E-state index contributed by atoms with van der Waals surface area (Å²) in [6.07, 6.45) is -7.86. The summed E-state index contributed by atoms with van der Waals surface area (Å²) in [5, 5.41) is 18.6. The Morgan fingerprint density at radius 1 is 1.24 bits per heavy atom. The standard InChI is InChI=1S/C10H9ClF4O2/c11-4-8(16)9(17)5-1-2-7(12)6(3-5)10(13,14)15/h1-3,8-9,16-17H,4H2. The second kappa shape index (κ2) is 5.20. The van der Waals surface area contributed by atoms with Gasteiger partial charge in [0, 0.05) is 0 Å². The molecule has 1 aromatic rings. The summed E-state index contributed by atoms with van der Waals surface area (Å²) in [4.78, 5) is 0. The van der Waals surface area contributed by atoms with Crippen molar-refractivity contribution in [2.75, 3.05) is 5.88 Å². The minimum atomic E-state index is -4.86. The van der Waals surface area contributed by atoms with Crippen LogP contribution in [0.4, 0.5) is 17.6 Å². The van der Waals surface area contributed by atoms with E-state index >= 15 is 0 Å². The maximum Gasteiger partial charge on any atom is 0.419 e. The Balaban J connectivity index is 3.13. The van der Waals surface area contributed by atoms with Crippen LogP contribution in [-0.2, 0) is 6.18 Å². The molecule has 0 radical (unpaired) electrons. The third kappa shape index (κ3) is 3.31. The van der Waals surface area contributed by atoms with Crippen LogP contribution in [0.1, 0.15) is 17.2 Å². The van der Waals surface area contributed by atoms with Crippen LogP contribution in [0.15, 0.2) is 18.2 Å². The number of rotatable bonds is 3. The molecule has 0 amide bonds. The Kier molecular flexibility index (Phi) is 4.35. The summed E-state index contributed by atoms with van der Waals surface area (Å²) >= 11 is 5.25. The van der Waals surface area contributed by atoms with E-state index in [1.165, 1.54) is 0 Å². The molecule has 2 atom stereocenters. The van der Waals surface area contributed by atoms with E-state index in [4.69, 9.17) is 11.6 Å². The highest BCUT2D eigenvalue weighted by molar-refractivity contribution is 6.18. The molecule has 0 aliphatic heterocycles. The minimum absolute atomic E-state index is 0.244. The normalized spacial score (nSPS) is 15.7. The number of benzene rings is 1. The van der Waals surface area contributed by atoms with Gasteiger partial charge in [-0.1, -0.05) is 6.07 Å². The van der Waals surface area contributed by atoms with Crippen molar-refractivity contribution in [3.8, 4) is 0 Å². The molecule has 0 aliphatic rings. The molecular weight excluding hydrogens is 264 g/mol. The van der Waals surface area contributed by atoms with Crippen molar-refractivity contribution in [3.05, 3.63) is 35.1 Å². The molecule has 7 heteroatoms. The van der Waals surface area contributed by atoms with Crippen LogP contribution in [0, 0.1) is 5.82 Å². The lowest BCUT2D eigenvalue weighted by Gasteiger charge is -2.17. The minimum Gasteiger partial charge on any atom is -0.389 e. The first kappa shape index (κ1) is 14.2. The molecular formula is C10H9ClF4O2. The summed E-state index contributed by atoms with van der Waals surface area (Å²) in [6.45, 7) is 0. The number of aliphatic hydroxyl groups is 2. The van der Waals surface area contributed by atoms with E-state index in [2.05, 4.69) is 0 Å². The predicted octanol–water partition coefficient (Wildman–Crippen LogP) is 2.48. The van der Waals surface area contributed by atoms with Crippen LogP contribution in [0.25, 0.3) is 0 Å². The zero-order valence-corrected chi connectivity index (χ0v) is 9.13. The topological polar surface area (TPSA) is 40.5 Å². The number of alkyl halides is 4. The lowest BCUT2D eigenvalue weighted by molar-refractivity contribution is -0.140. The highest BCUT2D eigenvalue weighted by Gasteiger charge is 2.35. The van der Waals surface area contributed by atoms with E-state index in [1.807, 2.05) is 0 Å². The lowest BCUT2D eigenvalue weighted by Crippen LogP contribution is -2.20. The molecule has 1 rings (SSSR count). The molecule has 0 saturated heterocycles. The van der Waals surface area contributed by atoms with Gasteiger partial charge >= 0.3 is 6.18 Å². The fraction of sp³-hybridized carbons (Fsp3) is 0.400. The van der Waals surface area contributed by atoms with E-state index < -0.39 is 29.8 Å². The number of aliphatic hydroxyl groups excluding tert-OH is 2. The second-order valence-corrected chi connectivity index (χ2v) is 3.71. The Labute approximate surface area is 99.4 Å². The summed E-state index contributed by atoms with van der Waals surface area (Å²) in [6, 6.07) is 2.00. The Morgan fingerprint density at radius 3 is 2.29 bits per heavy atom. The van der Waals surface area contributed by atoms with Gasteiger partial charge in [0.1, 0.15) is 11.9 Å². The lowest BCUT2D eigenvalue weighted by atomic mass is 10.0. The molecule has 96 valence electrons. The van der Waals surface area contributed by atoms with Crippen molar-refractivity contribution in [2.24, 2.45) is 0 Å². The summed E-state index contributed by atoms with van der Waals surface area (Å²) in [5.74, 6) is -1.78. The fourth-order valence-electron chi connectivity index (χ4n) is 1.25. The quantitative estimate of drug-likeness (QED) is 0.655. The first-order chi connectivity index (χ1) is 7.77.